The molecule has 0 aliphatic carbocycles. The summed E-state index contributed by atoms with van der Waals surface area (Å²) in [5, 5.41) is 9.57. The first-order valence-corrected chi connectivity index (χ1v) is 5.41. The van der Waals surface area contributed by atoms with E-state index in [-0.39, 0.29) is 5.95 Å². The molecule has 0 unspecified atom stereocenters. The minimum absolute atomic E-state index is 0.0267. The van der Waals surface area contributed by atoms with Gasteiger partial charge in [0.2, 0.25) is 11.8 Å². The molecular weight excluding hydrogens is 208 g/mol. The molecule has 6 nitrogen and oxygen atoms in total. The second kappa shape index (κ2) is 5.99. The summed E-state index contributed by atoms with van der Waals surface area (Å²) in [4.78, 5) is 8.07. The molecule has 1 aromatic rings. The zero-order valence-electron chi connectivity index (χ0n) is 9.68. The van der Waals surface area contributed by atoms with Crippen molar-refractivity contribution in [2.75, 3.05) is 18.9 Å². The molecule has 6 heteroatoms. The summed E-state index contributed by atoms with van der Waals surface area (Å²) in [5.74, 6) is 0.349. The maximum Gasteiger partial charge on any atom is 0.239 e. The Morgan fingerprint density at radius 3 is 2.94 bits per heavy atom. The molecule has 0 aliphatic heterocycles. The molecule has 0 saturated carbocycles. The largest absolute Gasteiger partial charge is 0.478 e. The van der Waals surface area contributed by atoms with E-state index in [9.17, 15) is 5.21 Å². The monoisotopic (exact) mass is 226 g/mol. The molecule has 0 radical (unpaired) electrons. The standard InChI is InChI=1S/C10H18N4O2/c1-3-5-6-12-8-7-9(16-4-2)13-10(11)14(8)15/h7,15H,3-6H2,1-2H3,(H2,11,13). The van der Waals surface area contributed by atoms with E-state index in [0.717, 1.165) is 17.6 Å². The van der Waals surface area contributed by atoms with Crippen molar-refractivity contribution >= 4 is 5.95 Å². The molecular formula is C10H18N4O2. The average molecular weight is 226 g/mol. The minimum Gasteiger partial charge on any atom is -0.478 e. The van der Waals surface area contributed by atoms with Gasteiger partial charge < -0.3 is 15.7 Å². The van der Waals surface area contributed by atoms with Crippen molar-refractivity contribution in [3.63, 3.8) is 0 Å². The van der Waals surface area contributed by atoms with E-state index in [1.807, 2.05) is 6.92 Å². The fraction of sp³-hybridized carbons (Fsp3) is 0.600. The van der Waals surface area contributed by atoms with Crippen molar-refractivity contribution < 1.29 is 9.94 Å². The third-order valence-electron chi connectivity index (χ3n) is 1.99. The second-order valence-corrected chi connectivity index (χ2v) is 3.29. The molecule has 1 rings (SSSR count). The van der Waals surface area contributed by atoms with Crippen LogP contribution < -0.4 is 16.0 Å². The van der Waals surface area contributed by atoms with Crippen LogP contribution in [0.5, 0.6) is 5.88 Å². The van der Waals surface area contributed by atoms with Gasteiger partial charge in [-0.25, -0.2) is 0 Å². The highest BCUT2D eigenvalue weighted by molar-refractivity contribution is 5.21. The third-order valence-corrected chi connectivity index (χ3v) is 1.99. The quantitative estimate of drug-likeness (QED) is 0.574. The highest BCUT2D eigenvalue weighted by Crippen LogP contribution is 2.04. The normalized spacial score (nSPS) is 11.8. The first-order valence-electron chi connectivity index (χ1n) is 5.41. The first kappa shape index (κ1) is 12.4. The Morgan fingerprint density at radius 2 is 2.31 bits per heavy atom. The molecule has 0 aromatic carbocycles. The van der Waals surface area contributed by atoms with Crippen LogP contribution in [0.2, 0.25) is 0 Å². The van der Waals surface area contributed by atoms with Crippen molar-refractivity contribution in [3.8, 4) is 5.88 Å². The number of nitrogens with zero attached hydrogens (tertiary/aromatic N) is 3. The van der Waals surface area contributed by atoms with Crippen LogP contribution in [-0.4, -0.2) is 28.1 Å². The Morgan fingerprint density at radius 1 is 1.56 bits per heavy atom. The fourth-order valence-electron chi connectivity index (χ4n) is 1.17. The van der Waals surface area contributed by atoms with Crippen molar-refractivity contribution in [3.05, 3.63) is 11.6 Å². The van der Waals surface area contributed by atoms with Crippen LogP contribution in [0, 0.1) is 0 Å². The van der Waals surface area contributed by atoms with Gasteiger partial charge >= 0.3 is 0 Å². The molecule has 90 valence electrons. The lowest BCUT2D eigenvalue weighted by molar-refractivity contribution is 0.172. The fourth-order valence-corrected chi connectivity index (χ4v) is 1.17. The molecule has 0 fully saturated rings. The third kappa shape index (κ3) is 3.15. The molecule has 0 atom stereocenters. The van der Waals surface area contributed by atoms with Crippen LogP contribution >= 0.6 is 0 Å². The van der Waals surface area contributed by atoms with Gasteiger partial charge in [-0.2, -0.15) is 4.98 Å². The van der Waals surface area contributed by atoms with Crippen LogP contribution in [0.15, 0.2) is 11.1 Å². The van der Waals surface area contributed by atoms with Gasteiger partial charge in [0.15, 0.2) is 5.49 Å². The van der Waals surface area contributed by atoms with Gasteiger partial charge in [0.05, 0.1) is 6.61 Å². The maximum atomic E-state index is 9.57. The summed E-state index contributed by atoms with van der Waals surface area (Å²) in [6.07, 6.45) is 2.01. The lowest BCUT2D eigenvalue weighted by Gasteiger charge is -2.06. The molecule has 0 aliphatic rings. The number of hydrogen-bond donors (Lipinski definition) is 2. The number of aromatic nitrogens is 2. The van der Waals surface area contributed by atoms with Gasteiger partial charge in [0.25, 0.3) is 0 Å². The highest BCUT2D eigenvalue weighted by Gasteiger charge is 2.03. The summed E-state index contributed by atoms with van der Waals surface area (Å²) in [7, 11) is 0. The predicted molar refractivity (Wildman–Crippen MR) is 60.3 cm³/mol. The van der Waals surface area contributed by atoms with Gasteiger partial charge in [-0.05, 0) is 13.3 Å². The Hall–Kier alpha value is -1.72. The number of nitrogen functional groups attached to an aromatic ring is 1. The Labute approximate surface area is 94.4 Å². The van der Waals surface area contributed by atoms with Crippen molar-refractivity contribution in [1.29, 1.82) is 0 Å². The van der Waals surface area contributed by atoms with Crippen molar-refractivity contribution in [2.24, 2.45) is 4.99 Å². The van der Waals surface area contributed by atoms with E-state index in [4.69, 9.17) is 10.5 Å². The van der Waals surface area contributed by atoms with Crippen LogP contribution in [0.4, 0.5) is 5.95 Å². The van der Waals surface area contributed by atoms with Crippen LogP contribution in [-0.2, 0) is 0 Å². The summed E-state index contributed by atoms with van der Waals surface area (Å²) in [6, 6.07) is 1.56. The van der Waals surface area contributed by atoms with E-state index in [1.54, 1.807) is 6.07 Å². The van der Waals surface area contributed by atoms with E-state index < -0.39 is 0 Å². The molecule has 0 bridgehead atoms. The Bertz CT molecular complexity index is 400. The summed E-state index contributed by atoms with van der Waals surface area (Å²) in [5.41, 5.74) is 5.88. The SMILES string of the molecule is CCCCN=c1cc(OCC)nc(N)n1O. The van der Waals surface area contributed by atoms with E-state index in [2.05, 4.69) is 16.9 Å². The minimum atomic E-state index is -0.0267. The molecule has 0 saturated heterocycles. The van der Waals surface area contributed by atoms with Crippen LogP contribution in [0.1, 0.15) is 26.7 Å². The van der Waals surface area contributed by atoms with Gasteiger partial charge in [-0.1, -0.05) is 13.3 Å². The topological polar surface area (TPSA) is 85.7 Å². The zero-order valence-corrected chi connectivity index (χ0v) is 9.68. The number of ether oxygens (including phenoxy) is 1. The molecule has 0 spiro atoms. The number of anilines is 1. The van der Waals surface area contributed by atoms with Crippen molar-refractivity contribution in [1.82, 2.24) is 9.71 Å². The van der Waals surface area contributed by atoms with Gasteiger partial charge in [0, 0.05) is 12.6 Å². The lowest BCUT2D eigenvalue weighted by Crippen LogP contribution is -2.23. The van der Waals surface area contributed by atoms with E-state index in [1.165, 1.54) is 0 Å². The van der Waals surface area contributed by atoms with Gasteiger partial charge in [0.1, 0.15) is 0 Å². The average Bonchev–Trinajstić information content (AvgIpc) is 2.25. The summed E-state index contributed by atoms with van der Waals surface area (Å²) < 4.78 is 5.98. The number of unbranched alkanes of at least 4 members (excludes halogenated alkanes) is 1. The lowest BCUT2D eigenvalue weighted by atomic mass is 10.3. The smallest absolute Gasteiger partial charge is 0.239 e. The van der Waals surface area contributed by atoms with Crippen molar-refractivity contribution in [2.45, 2.75) is 26.7 Å². The molecule has 0 amide bonds. The summed E-state index contributed by atoms with van der Waals surface area (Å²) >= 11 is 0. The number of hydrogen-bond acceptors (Lipinski definition) is 5. The van der Waals surface area contributed by atoms with Gasteiger partial charge in [-0.15, -0.1) is 4.73 Å². The number of nitrogens with two attached hydrogens (primary N) is 1. The van der Waals surface area contributed by atoms with E-state index >= 15 is 0 Å². The maximum absolute atomic E-state index is 9.57. The second-order valence-electron chi connectivity index (χ2n) is 3.29. The molecule has 16 heavy (non-hydrogen) atoms. The van der Waals surface area contributed by atoms with Crippen LogP contribution in [0.3, 0.4) is 0 Å². The van der Waals surface area contributed by atoms with E-state index in [0.29, 0.717) is 24.5 Å². The zero-order chi connectivity index (χ0) is 12.0. The van der Waals surface area contributed by atoms with Crippen LogP contribution in [0.25, 0.3) is 0 Å². The van der Waals surface area contributed by atoms with Gasteiger partial charge in [-0.3, -0.25) is 4.99 Å². The molecule has 1 heterocycles. The highest BCUT2D eigenvalue weighted by atomic mass is 16.5. The first-order chi connectivity index (χ1) is 7.69. The predicted octanol–water partition coefficient (Wildman–Crippen LogP) is 0.802. The molecule has 1 aromatic heterocycles. The Kier molecular flexibility index (Phi) is 4.63. The summed E-state index contributed by atoms with van der Waals surface area (Å²) in [6.45, 7) is 5.07. The number of rotatable bonds is 5. The Balaban J connectivity index is 3.01. The molecule has 3 N–H and O–H groups in total.